The van der Waals surface area contributed by atoms with Crippen molar-refractivity contribution in [3.05, 3.63) is 28.7 Å². The molecule has 0 saturated carbocycles. The van der Waals surface area contributed by atoms with Gasteiger partial charge in [-0.2, -0.15) is 0 Å². The topological polar surface area (TPSA) is 27.7 Å². The van der Waals surface area contributed by atoms with Crippen LogP contribution < -0.4 is 4.74 Å². The zero-order chi connectivity index (χ0) is 11.1. The number of halogens is 1. The van der Waals surface area contributed by atoms with E-state index in [1.807, 2.05) is 24.3 Å². The number of ether oxygens (including phenoxy) is 3. The van der Waals surface area contributed by atoms with Gasteiger partial charge in [-0.1, -0.05) is 22.0 Å². The molecule has 4 heteroatoms. The van der Waals surface area contributed by atoms with Gasteiger partial charge in [0.2, 0.25) is 0 Å². The quantitative estimate of drug-likeness (QED) is 0.798. The first kappa shape index (κ1) is 12.5. The maximum Gasteiger partial charge on any atom is 0.145 e. The van der Waals surface area contributed by atoms with Crippen LogP contribution in [-0.2, 0) is 9.47 Å². The third-order valence-corrected chi connectivity index (χ3v) is 2.30. The van der Waals surface area contributed by atoms with Gasteiger partial charge in [-0.15, -0.1) is 0 Å². The number of methoxy groups -OCH3 is 2. The summed E-state index contributed by atoms with van der Waals surface area (Å²) < 4.78 is 16.8. The van der Waals surface area contributed by atoms with Crippen LogP contribution in [-0.4, -0.2) is 33.5 Å². The second-order valence-electron chi connectivity index (χ2n) is 3.11. The molecule has 0 heterocycles. The van der Waals surface area contributed by atoms with Crippen LogP contribution in [0.4, 0.5) is 0 Å². The van der Waals surface area contributed by atoms with Gasteiger partial charge < -0.3 is 14.2 Å². The highest BCUT2D eigenvalue weighted by molar-refractivity contribution is 9.10. The van der Waals surface area contributed by atoms with Crippen molar-refractivity contribution in [2.45, 2.75) is 6.10 Å². The molecule has 0 aliphatic carbocycles. The molecular formula is C11H15BrO3. The van der Waals surface area contributed by atoms with Crippen molar-refractivity contribution >= 4 is 15.9 Å². The molecule has 3 nitrogen and oxygen atoms in total. The number of hydrogen-bond acceptors (Lipinski definition) is 3. The lowest BCUT2D eigenvalue weighted by Gasteiger charge is -2.17. The van der Waals surface area contributed by atoms with Crippen LogP contribution in [0.5, 0.6) is 5.75 Å². The SMILES string of the molecule is COCC(COC)Oc1cccc(Br)c1. The summed E-state index contributed by atoms with van der Waals surface area (Å²) in [5, 5.41) is 0. The molecule has 0 aromatic heterocycles. The summed E-state index contributed by atoms with van der Waals surface area (Å²) >= 11 is 3.39. The molecule has 84 valence electrons. The molecule has 0 radical (unpaired) electrons. The standard InChI is InChI=1S/C11H15BrO3/c1-13-7-11(8-14-2)15-10-5-3-4-9(12)6-10/h3-6,11H,7-8H2,1-2H3. The Labute approximate surface area is 98.5 Å². The van der Waals surface area contributed by atoms with Gasteiger partial charge in [-0.05, 0) is 18.2 Å². The third-order valence-electron chi connectivity index (χ3n) is 1.80. The van der Waals surface area contributed by atoms with E-state index in [1.165, 1.54) is 0 Å². The number of rotatable bonds is 6. The lowest BCUT2D eigenvalue weighted by molar-refractivity contribution is 0.0244. The van der Waals surface area contributed by atoms with Crippen LogP contribution in [0.25, 0.3) is 0 Å². The zero-order valence-electron chi connectivity index (χ0n) is 8.90. The number of hydrogen-bond donors (Lipinski definition) is 0. The highest BCUT2D eigenvalue weighted by Crippen LogP contribution is 2.18. The van der Waals surface area contributed by atoms with Crippen molar-refractivity contribution in [2.24, 2.45) is 0 Å². The van der Waals surface area contributed by atoms with E-state index in [-0.39, 0.29) is 6.10 Å². The van der Waals surface area contributed by atoms with E-state index in [2.05, 4.69) is 15.9 Å². The molecule has 1 rings (SSSR count). The summed E-state index contributed by atoms with van der Waals surface area (Å²) in [6.07, 6.45) is -0.0747. The fourth-order valence-electron chi connectivity index (χ4n) is 1.22. The minimum absolute atomic E-state index is 0.0747. The maximum absolute atomic E-state index is 5.70. The lowest BCUT2D eigenvalue weighted by atomic mass is 10.3. The second-order valence-corrected chi connectivity index (χ2v) is 4.02. The van der Waals surface area contributed by atoms with Crippen molar-refractivity contribution < 1.29 is 14.2 Å². The van der Waals surface area contributed by atoms with Crippen LogP contribution in [0.15, 0.2) is 28.7 Å². The summed E-state index contributed by atoms with van der Waals surface area (Å²) in [5.74, 6) is 0.809. The zero-order valence-corrected chi connectivity index (χ0v) is 10.5. The van der Waals surface area contributed by atoms with Crippen molar-refractivity contribution in [3.8, 4) is 5.75 Å². The Hall–Kier alpha value is -0.580. The molecule has 1 aromatic rings. The summed E-state index contributed by atoms with van der Waals surface area (Å²) in [6, 6.07) is 7.70. The van der Waals surface area contributed by atoms with Gasteiger partial charge in [0.05, 0.1) is 13.2 Å². The van der Waals surface area contributed by atoms with Crippen molar-refractivity contribution in [3.63, 3.8) is 0 Å². The molecule has 0 aliphatic rings. The molecular weight excluding hydrogens is 260 g/mol. The highest BCUT2D eigenvalue weighted by Gasteiger charge is 2.09. The van der Waals surface area contributed by atoms with Crippen LogP contribution in [0, 0.1) is 0 Å². The summed E-state index contributed by atoms with van der Waals surface area (Å²) in [4.78, 5) is 0. The third kappa shape index (κ3) is 4.64. The largest absolute Gasteiger partial charge is 0.486 e. The first-order valence-corrected chi connectivity index (χ1v) is 5.45. The molecule has 0 unspecified atom stereocenters. The summed E-state index contributed by atoms with van der Waals surface area (Å²) in [5.41, 5.74) is 0. The van der Waals surface area contributed by atoms with Gasteiger partial charge in [0, 0.05) is 18.7 Å². The van der Waals surface area contributed by atoms with E-state index in [9.17, 15) is 0 Å². The molecule has 0 aliphatic heterocycles. The van der Waals surface area contributed by atoms with Crippen LogP contribution in [0.2, 0.25) is 0 Å². The minimum Gasteiger partial charge on any atom is -0.486 e. The average molecular weight is 275 g/mol. The smallest absolute Gasteiger partial charge is 0.145 e. The Morgan fingerprint density at radius 3 is 2.40 bits per heavy atom. The fraction of sp³-hybridized carbons (Fsp3) is 0.455. The molecule has 0 spiro atoms. The fourth-order valence-corrected chi connectivity index (χ4v) is 1.60. The Bertz CT molecular complexity index is 285. The van der Waals surface area contributed by atoms with Gasteiger partial charge in [0.1, 0.15) is 11.9 Å². The Balaban J connectivity index is 2.56. The van der Waals surface area contributed by atoms with Gasteiger partial charge in [-0.3, -0.25) is 0 Å². The van der Waals surface area contributed by atoms with Crippen LogP contribution in [0.3, 0.4) is 0 Å². The molecule has 0 atom stereocenters. The first-order valence-electron chi connectivity index (χ1n) is 4.66. The maximum atomic E-state index is 5.70. The molecule has 0 saturated heterocycles. The molecule has 1 aromatic carbocycles. The lowest BCUT2D eigenvalue weighted by Crippen LogP contribution is -2.27. The molecule has 0 amide bonds. The predicted octanol–water partition coefficient (Wildman–Crippen LogP) is 2.49. The average Bonchev–Trinajstić information content (AvgIpc) is 2.18. The minimum atomic E-state index is -0.0747. The van der Waals surface area contributed by atoms with E-state index in [0.717, 1.165) is 10.2 Å². The van der Waals surface area contributed by atoms with E-state index in [1.54, 1.807) is 14.2 Å². The van der Waals surface area contributed by atoms with Crippen molar-refractivity contribution in [2.75, 3.05) is 27.4 Å². The van der Waals surface area contributed by atoms with Crippen LogP contribution in [0.1, 0.15) is 0 Å². The molecule has 0 fully saturated rings. The van der Waals surface area contributed by atoms with Gasteiger partial charge in [-0.25, -0.2) is 0 Å². The van der Waals surface area contributed by atoms with E-state index < -0.39 is 0 Å². The Morgan fingerprint density at radius 1 is 1.20 bits per heavy atom. The van der Waals surface area contributed by atoms with Gasteiger partial charge in [0.25, 0.3) is 0 Å². The van der Waals surface area contributed by atoms with Gasteiger partial charge in [0.15, 0.2) is 0 Å². The van der Waals surface area contributed by atoms with E-state index >= 15 is 0 Å². The van der Waals surface area contributed by atoms with Crippen molar-refractivity contribution in [1.82, 2.24) is 0 Å². The number of benzene rings is 1. The molecule has 0 N–H and O–H groups in total. The molecule has 15 heavy (non-hydrogen) atoms. The summed E-state index contributed by atoms with van der Waals surface area (Å²) in [7, 11) is 3.29. The monoisotopic (exact) mass is 274 g/mol. The normalized spacial score (nSPS) is 10.7. The predicted molar refractivity (Wildman–Crippen MR) is 62.3 cm³/mol. The van der Waals surface area contributed by atoms with Crippen molar-refractivity contribution in [1.29, 1.82) is 0 Å². The van der Waals surface area contributed by atoms with E-state index in [0.29, 0.717) is 13.2 Å². The highest BCUT2D eigenvalue weighted by atomic mass is 79.9. The van der Waals surface area contributed by atoms with Gasteiger partial charge >= 0.3 is 0 Å². The first-order chi connectivity index (χ1) is 7.26. The summed E-state index contributed by atoms with van der Waals surface area (Å²) in [6.45, 7) is 1.03. The van der Waals surface area contributed by atoms with E-state index in [4.69, 9.17) is 14.2 Å². The Morgan fingerprint density at radius 2 is 1.87 bits per heavy atom. The molecule has 0 bridgehead atoms. The van der Waals surface area contributed by atoms with Crippen LogP contribution >= 0.6 is 15.9 Å². The Kier molecular flexibility index (Phi) is 5.68. The second kappa shape index (κ2) is 6.82.